The molecule has 0 unspecified atom stereocenters. The van der Waals surface area contributed by atoms with Crippen LogP contribution in [0.25, 0.3) is 17.8 Å². The first-order valence-corrected chi connectivity index (χ1v) is 10.9. The molecule has 0 bridgehead atoms. The van der Waals surface area contributed by atoms with Crippen LogP contribution in [0.5, 0.6) is 5.88 Å². The van der Waals surface area contributed by atoms with Crippen molar-refractivity contribution >= 4 is 47.4 Å². The van der Waals surface area contributed by atoms with E-state index in [2.05, 4.69) is 4.99 Å². The molecule has 2 N–H and O–H groups in total. The summed E-state index contributed by atoms with van der Waals surface area (Å²) >= 11 is 6.70. The van der Waals surface area contributed by atoms with Crippen molar-refractivity contribution in [1.29, 1.82) is 0 Å². The number of unbranched alkanes of at least 4 members (excludes halogenated alkanes) is 2. The Morgan fingerprint density at radius 2 is 2.03 bits per heavy atom. The van der Waals surface area contributed by atoms with Crippen molar-refractivity contribution in [1.82, 2.24) is 4.57 Å². The average Bonchev–Trinajstić information content (AvgIpc) is 3.41. The highest BCUT2D eigenvalue weighted by molar-refractivity contribution is 7.73. The van der Waals surface area contributed by atoms with E-state index in [1.165, 1.54) is 11.3 Å². The lowest BCUT2D eigenvalue weighted by Crippen LogP contribution is -2.19. The van der Waals surface area contributed by atoms with Gasteiger partial charge in [0.2, 0.25) is 5.88 Å². The number of aliphatic carboxylic acids is 1. The molecule has 4 rings (SSSR count). The van der Waals surface area contributed by atoms with Crippen molar-refractivity contribution in [2.45, 2.75) is 32.2 Å². The lowest BCUT2D eigenvalue weighted by molar-refractivity contribution is -0.137. The Balaban J connectivity index is 1.55. The number of furan rings is 1. The van der Waals surface area contributed by atoms with Crippen LogP contribution in [-0.2, 0) is 11.3 Å². The number of carbonyl (C=O) groups is 1. The summed E-state index contributed by atoms with van der Waals surface area (Å²) in [5.74, 6) is -0.678. The van der Waals surface area contributed by atoms with Gasteiger partial charge in [-0.15, -0.1) is 11.3 Å². The first-order valence-electron chi connectivity index (χ1n) is 9.63. The number of carboxylic acids is 1. The fourth-order valence-corrected chi connectivity index (χ4v) is 4.57. The van der Waals surface area contributed by atoms with E-state index in [9.17, 15) is 9.90 Å². The second-order valence-corrected chi connectivity index (χ2v) is 8.63. The lowest BCUT2D eigenvalue weighted by Gasteiger charge is -2.04. The second-order valence-electron chi connectivity index (χ2n) is 6.96. The van der Waals surface area contributed by atoms with Gasteiger partial charge in [0.15, 0.2) is 9.37 Å². The first-order chi connectivity index (χ1) is 14.5. The van der Waals surface area contributed by atoms with Crippen LogP contribution in [0.2, 0.25) is 0 Å². The van der Waals surface area contributed by atoms with Gasteiger partial charge in [-0.3, -0.25) is 9.36 Å². The number of fused-ring (bicyclic) bond motifs is 1. The van der Waals surface area contributed by atoms with E-state index in [0.29, 0.717) is 32.6 Å². The standard InChI is InChI=1S/C22H20N2O4S2/c25-20(26)8-2-1-5-11-24-21(27)19(30-22(24)29)13-15-9-10-18(28-15)17-12-14-6-3-4-7-16(14)23-17/h3-4,6-7,9-10,12-13,27H,1-2,5,8,11H2,(H,25,26)/b15-13+,18-17+. The summed E-state index contributed by atoms with van der Waals surface area (Å²) in [4.78, 5) is 15.8. The molecule has 0 aliphatic carbocycles. The third-order valence-electron chi connectivity index (χ3n) is 4.79. The number of hydrogen-bond acceptors (Lipinski definition) is 6. The largest absolute Gasteiger partial charge is 0.493 e. The smallest absolute Gasteiger partial charge is 0.303 e. The molecule has 6 nitrogen and oxygen atoms in total. The number of rotatable bonds is 7. The average molecular weight is 441 g/mol. The molecule has 8 heteroatoms. The molecule has 3 aromatic rings. The van der Waals surface area contributed by atoms with Gasteiger partial charge < -0.3 is 14.6 Å². The van der Waals surface area contributed by atoms with E-state index in [-0.39, 0.29) is 12.3 Å². The van der Waals surface area contributed by atoms with E-state index in [4.69, 9.17) is 21.7 Å². The van der Waals surface area contributed by atoms with Crippen molar-refractivity contribution in [3.63, 3.8) is 0 Å². The summed E-state index contributed by atoms with van der Waals surface area (Å²) < 4.78 is 8.18. The number of carboxylic acid groups (broad SMARTS) is 1. The van der Waals surface area contributed by atoms with Gasteiger partial charge in [0.25, 0.3) is 0 Å². The molecule has 0 spiro atoms. The summed E-state index contributed by atoms with van der Waals surface area (Å²) in [5, 5.41) is 21.2. The van der Waals surface area contributed by atoms with Gasteiger partial charge in [-0.2, -0.15) is 0 Å². The molecule has 0 atom stereocenters. The monoisotopic (exact) mass is 440 g/mol. The van der Waals surface area contributed by atoms with Gasteiger partial charge >= 0.3 is 5.97 Å². The Bertz CT molecular complexity index is 1360. The molecule has 1 aliphatic heterocycles. The Morgan fingerprint density at radius 3 is 2.83 bits per heavy atom. The summed E-state index contributed by atoms with van der Waals surface area (Å²) in [6, 6.07) is 11.6. The van der Waals surface area contributed by atoms with E-state index in [1.807, 2.05) is 42.5 Å². The van der Waals surface area contributed by atoms with E-state index < -0.39 is 5.97 Å². The molecule has 0 amide bonds. The van der Waals surface area contributed by atoms with Crippen LogP contribution >= 0.6 is 23.6 Å². The molecule has 0 saturated carbocycles. The SMILES string of the molecule is O=C(O)CCCCCn1c(O)c(/C=c2\cc/c(=C3/C=c4ccccc4=N3)o2)sc1=S. The normalized spacial score (nSPS) is 15.0. The van der Waals surface area contributed by atoms with Gasteiger partial charge in [0, 0.05) is 24.3 Å². The van der Waals surface area contributed by atoms with Crippen molar-refractivity contribution < 1.29 is 19.4 Å². The fourth-order valence-electron chi connectivity index (χ4n) is 3.27. The van der Waals surface area contributed by atoms with Crippen LogP contribution < -0.4 is 21.4 Å². The molecular weight excluding hydrogens is 420 g/mol. The maximum atomic E-state index is 10.6. The first kappa shape index (κ1) is 20.3. The minimum absolute atomic E-state index is 0.110. The lowest BCUT2D eigenvalue weighted by atomic mass is 10.2. The zero-order chi connectivity index (χ0) is 21.1. The number of aromatic nitrogens is 1. The molecule has 0 radical (unpaired) electrons. The predicted octanol–water partition coefficient (Wildman–Crippen LogP) is 2.27. The van der Waals surface area contributed by atoms with Gasteiger partial charge in [0.1, 0.15) is 11.1 Å². The van der Waals surface area contributed by atoms with Gasteiger partial charge in [-0.1, -0.05) is 24.6 Å². The van der Waals surface area contributed by atoms with E-state index in [0.717, 1.165) is 29.1 Å². The van der Waals surface area contributed by atoms with Gasteiger partial charge in [-0.05, 0) is 49.3 Å². The Labute approximate surface area is 181 Å². The highest BCUT2D eigenvalue weighted by Crippen LogP contribution is 2.27. The van der Waals surface area contributed by atoms with E-state index >= 15 is 0 Å². The summed E-state index contributed by atoms with van der Waals surface area (Å²) in [6.07, 6.45) is 6.06. The van der Waals surface area contributed by atoms with Gasteiger partial charge in [0.05, 0.1) is 10.2 Å². The quantitative estimate of drug-likeness (QED) is 0.435. The maximum absolute atomic E-state index is 10.6. The van der Waals surface area contributed by atoms with Crippen molar-refractivity contribution in [2.75, 3.05) is 0 Å². The van der Waals surface area contributed by atoms with Crippen LogP contribution in [0.4, 0.5) is 0 Å². The van der Waals surface area contributed by atoms with Crippen molar-refractivity contribution in [3.8, 4) is 5.88 Å². The van der Waals surface area contributed by atoms with Crippen LogP contribution in [0, 0.1) is 3.95 Å². The highest BCUT2D eigenvalue weighted by atomic mass is 32.1. The number of benzene rings is 1. The van der Waals surface area contributed by atoms with Crippen LogP contribution in [0.3, 0.4) is 0 Å². The Morgan fingerprint density at radius 1 is 1.20 bits per heavy atom. The zero-order valence-corrected chi connectivity index (χ0v) is 17.7. The molecule has 30 heavy (non-hydrogen) atoms. The molecule has 3 heterocycles. The third-order valence-corrected chi connectivity index (χ3v) is 6.17. The van der Waals surface area contributed by atoms with Gasteiger partial charge in [-0.25, -0.2) is 4.99 Å². The molecule has 154 valence electrons. The molecular formula is C22H20N2O4S2. The number of aromatic hydroxyl groups is 1. The van der Waals surface area contributed by atoms with Crippen molar-refractivity contribution in [2.24, 2.45) is 4.99 Å². The predicted molar refractivity (Wildman–Crippen MR) is 118 cm³/mol. The summed E-state index contributed by atoms with van der Waals surface area (Å²) in [6.45, 7) is 0.558. The molecule has 0 fully saturated rings. The minimum Gasteiger partial charge on any atom is -0.493 e. The third kappa shape index (κ3) is 4.44. The van der Waals surface area contributed by atoms with E-state index in [1.54, 1.807) is 10.6 Å². The van der Waals surface area contributed by atoms with Crippen LogP contribution in [-0.4, -0.2) is 20.7 Å². The van der Waals surface area contributed by atoms with Crippen LogP contribution in [0.1, 0.15) is 30.6 Å². The minimum atomic E-state index is -0.787. The second kappa shape index (κ2) is 8.81. The number of thiazole rings is 1. The maximum Gasteiger partial charge on any atom is 0.303 e. The summed E-state index contributed by atoms with van der Waals surface area (Å²) in [7, 11) is 0. The summed E-state index contributed by atoms with van der Waals surface area (Å²) in [5.41, 5.74) is 2.04. The topological polar surface area (TPSA) is 88.0 Å². The zero-order valence-electron chi connectivity index (χ0n) is 16.1. The number of para-hydroxylation sites is 1. The van der Waals surface area contributed by atoms with Crippen molar-refractivity contribution in [3.05, 3.63) is 66.6 Å². The molecule has 1 aliphatic rings. The number of nitrogens with zero attached hydrogens (tertiary/aromatic N) is 2. The van der Waals surface area contributed by atoms with Crippen LogP contribution in [0.15, 0.2) is 45.8 Å². The molecule has 0 saturated heterocycles. The molecule has 2 aromatic heterocycles. The fraction of sp³-hybridized carbons (Fsp3) is 0.227. The Hall–Kier alpha value is -2.97. The Kier molecular flexibility index (Phi) is 5.96. The number of hydrogen-bond donors (Lipinski definition) is 2. The highest BCUT2D eigenvalue weighted by Gasteiger charge is 2.10. The molecule has 1 aromatic carbocycles.